The number of halogens is 1. The van der Waals surface area contributed by atoms with E-state index >= 15 is 0 Å². The van der Waals surface area contributed by atoms with Gasteiger partial charge in [-0.05, 0) is 37.1 Å². The zero-order valence-corrected chi connectivity index (χ0v) is 13.3. The second-order valence-electron chi connectivity index (χ2n) is 5.04. The number of aliphatic hydroxyl groups excluding tert-OH is 1. The Morgan fingerprint density at radius 2 is 2.09 bits per heavy atom. The molecule has 122 valence electrons. The largest absolute Gasteiger partial charge is 0.472 e. The fourth-order valence-corrected chi connectivity index (χ4v) is 2.07. The lowest BCUT2D eigenvalue weighted by atomic mass is 10.1. The van der Waals surface area contributed by atoms with E-state index < -0.39 is 17.9 Å². The predicted molar refractivity (Wildman–Crippen MR) is 86.1 cm³/mol. The summed E-state index contributed by atoms with van der Waals surface area (Å²) in [5.74, 6) is -1.57. The number of carbonyl (C=O) groups excluding carboxylic acids is 2. The van der Waals surface area contributed by atoms with E-state index in [0.29, 0.717) is 16.3 Å². The van der Waals surface area contributed by atoms with Gasteiger partial charge in [-0.3, -0.25) is 9.59 Å². The van der Waals surface area contributed by atoms with Gasteiger partial charge in [0.2, 0.25) is 0 Å². The van der Waals surface area contributed by atoms with Crippen LogP contribution in [-0.4, -0.2) is 23.5 Å². The van der Waals surface area contributed by atoms with Crippen LogP contribution in [0.1, 0.15) is 23.7 Å². The predicted octanol–water partition coefficient (Wildman–Crippen LogP) is 2.42. The molecule has 2 aromatic rings. The van der Waals surface area contributed by atoms with Crippen molar-refractivity contribution in [2.45, 2.75) is 19.4 Å². The number of furan rings is 1. The van der Waals surface area contributed by atoms with E-state index in [-0.39, 0.29) is 13.0 Å². The quantitative estimate of drug-likeness (QED) is 0.731. The smallest absolute Gasteiger partial charge is 0.313 e. The molecule has 7 heteroatoms. The summed E-state index contributed by atoms with van der Waals surface area (Å²) < 4.78 is 4.86. The summed E-state index contributed by atoms with van der Waals surface area (Å²) >= 11 is 5.96. The van der Waals surface area contributed by atoms with Gasteiger partial charge in [0.05, 0.1) is 18.6 Å². The number of nitrogens with one attached hydrogen (secondary N) is 2. The number of benzene rings is 1. The van der Waals surface area contributed by atoms with Crippen molar-refractivity contribution in [1.29, 1.82) is 0 Å². The van der Waals surface area contributed by atoms with Crippen LogP contribution < -0.4 is 10.6 Å². The maximum atomic E-state index is 11.8. The van der Waals surface area contributed by atoms with Crippen molar-refractivity contribution in [2.75, 3.05) is 11.9 Å². The molecule has 1 atom stereocenters. The van der Waals surface area contributed by atoms with Crippen molar-refractivity contribution in [3.8, 4) is 0 Å². The van der Waals surface area contributed by atoms with Gasteiger partial charge in [0.25, 0.3) is 0 Å². The number of carbonyl (C=O) groups is 2. The summed E-state index contributed by atoms with van der Waals surface area (Å²) in [6.07, 6.45) is 2.40. The minimum absolute atomic E-state index is 0.160. The Labute approximate surface area is 138 Å². The fraction of sp³-hybridized carbons (Fsp3) is 0.250. The molecule has 1 aromatic heterocycles. The van der Waals surface area contributed by atoms with Gasteiger partial charge in [-0.2, -0.15) is 0 Å². The zero-order valence-electron chi connectivity index (χ0n) is 12.5. The first kappa shape index (κ1) is 17.1. The van der Waals surface area contributed by atoms with Gasteiger partial charge in [-0.25, -0.2) is 0 Å². The lowest BCUT2D eigenvalue weighted by Gasteiger charge is -2.10. The van der Waals surface area contributed by atoms with E-state index in [4.69, 9.17) is 16.0 Å². The highest BCUT2D eigenvalue weighted by molar-refractivity contribution is 6.39. The van der Waals surface area contributed by atoms with Crippen molar-refractivity contribution in [1.82, 2.24) is 5.32 Å². The number of amides is 2. The molecule has 6 nitrogen and oxygen atoms in total. The second-order valence-corrected chi connectivity index (χ2v) is 5.44. The lowest BCUT2D eigenvalue weighted by molar-refractivity contribution is -0.136. The van der Waals surface area contributed by atoms with Crippen molar-refractivity contribution < 1.29 is 19.1 Å². The van der Waals surface area contributed by atoms with Gasteiger partial charge < -0.3 is 20.2 Å². The highest BCUT2D eigenvalue weighted by Crippen LogP contribution is 2.20. The van der Waals surface area contributed by atoms with Gasteiger partial charge in [-0.1, -0.05) is 17.7 Å². The van der Waals surface area contributed by atoms with Crippen LogP contribution in [0.4, 0.5) is 5.69 Å². The van der Waals surface area contributed by atoms with Crippen LogP contribution >= 0.6 is 11.6 Å². The topological polar surface area (TPSA) is 91.6 Å². The van der Waals surface area contributed by atoms with E-state index in [1.54, 1.807) is 24.3 Å². The number of anilines is 1. The van der Waals surface area contributed by atoms with Gasteiger partial charge in [-0.15, -0.1) is 0 Å². The van der Waals surface area contributed by atoms with Gasteiger partial charge >= 0.3 is 11.8 Å². The lowest BCUT2D eigenvalue weighted by Crippen LogP contribution is -2.36. The third-order valence-corrected chi connectivity index (χ3v) is 3.67. The summed E-state index contributed by atoms with van der Waals surface area (Å²) in [5, 5.41) is 15.2. The highest BCUT2D eigenvalue weighted by Gasteiger charge is 2.15. The summed E-state index contributed by atoms with van der Waals surface area (Å²) in [5.41, 5.74) is 1.94. The SMILES string of the molecule is Cc1ccc(NC(=O)C(=O)NCC[C@H](O)c2ccoc2)cc1Cl. The Morgan fingerprint density at radius 3 is 2.74 bits per heavy atom. The standard InChI is InChI=1S/C16H17ClN2O4/c1-10-2-3-12(8-13(10)17)19-16(22)15(21)18-6-4-14(20)11-5-7-23-9-11/h2-3,5,7-9,14,20H,4,6H2,1H3,(H,18,21)(H,19,22)/t14-/m0/s1. The molecule has 0 bridgehead atoms. The van der Waals surface area contributed by atoms with Crippen molar-refractivity contribution in [3.63, 3.8) is 0 Å². The van der Waals surface area contributed by atoms with Crippen LogP contribution in [0.15, 0.2) is 41.2 Å². The Bertz CT molecular complexity index is 685. The fourth-order valence-electron chi connectivity index (χ4n) is 1.89. The molecular weight excluding hydrogens is 320 g/mol. The maximum Gasteiger partial charge on any atom is 0.313 e. The van der Waals surface area contributed by atoms with Crippen LogP contribution in [0.3, 0.4) is 0 Å². The maximum absolute atomic E-state index is 11.8. The van der Waals surface area contributed by atoms with Gasteiger partial charge in [0.15, 0.2) is 0 Å². The van der Waals surface area contributed by atoms with Gasteiger partial charge in [0.1, 0.15) is 0 Å². The van der Waals surface area contributed by atoms with Crippen LogP contribution in [-0.2, 0) is 9.59 Å². The number of aliphatic hydroxyl groups is 1. The minimum Gasteiger partial charge on any atom is -0.472 e. The first-order valence-corrected chi connectivity index (χ1v) is 7.40. The number of hydrogen-bond donors (Lipinski definition) is 3. The Hall–Kier alpha value is -2.31. The van der Waals surface area contributed by atoms with Crippen molar-refractivity contribution in [3.05, 3.63) is 52.9 Å². The molecule has 3 N–H and O–H groups in total. The van der Waals surface area contributed by atoms with E-state index in [0.717, 1.165) is 5.56 Å². The molecule has 1 aromatic carbocycles. The summed E-state index contributed by atoms with van der Waals surface area (Å²) in [6.45, 7) is 2.00. The van der Waals surface area contributed by atoms with Crippen LogP contribution in [0.5, 0.6) is 0 Å². The van der Waals surface area contributed by atoms with Crippen LogP contribution in [0.2, 0.25) is 5.02 Å². The van der Waals surface area contributed by atoms with E-state index in [1.807, 2.05) is 6.92 Å². The van der Waals surface area contributed by atoms with E-state index in [1.165, 1.54) is 12.5 Å². The number of rotatable bonds is 5. The molecule has 2 rings (SSSR count). The van der Waals surface area contributed by atoms with Crippen LogP contribution in [0.25, 0.3) is 0 Å². The first-order valence-electron chi connectivity index (χ1n) is 7.03. The Morgan fingerprint density at radius 1 is 1.30 bits per heavy atom. The number of hydrogen-bond acceptors (Lipinski definition) is 4. The molecule has 0 spiro atoms. The summed E-state index contributed by atoms with van der Waals surface area (Å²) in [6, 6.07) is 6.62. The third-order valence-electron chi connectivity index (χ3n) is 3.27. The van der Waals surface area contributed by atoms with Crippen LogP contribution in [0, 0.1) is 6.92 Å². The molecule has 1 heterocycles. The molecule has 0 radical (unpaired) electrons. The zero-order chi connectivity index (χ0) is 16.8. The van der Waals surface area contributed by atoms with E-state index in [9.17, 15) is 14.7 Å². The first-order chi connectivity index (χ1) is 11.0. The van der Waals surface area contributed by atoms with Crippen molar-refractivity contribution in [2.24, 2.45) is 0 Å². The average Bonchev–Trinajstić information content (AvgIpc) is 3.05. The summed E-state index contributed by atoms with van der Waals surface area (Å²) in [7, 11) is 0. The molecule has 0 unspecified atom stereocenters. The summed E-state index contributed by atoms with van der Waals surface area (Å²) in [4.78, 5) is 23.5. The third kappa shape index (κ3) is 4.84. The monoisotopic (exact) mass is 336 g/mol. The molecule has 0 aliphatic carbocycles. The highest BCUT2D eigenvalue weighted by atomic mass is 35.5. The Kier molecular flexibility index (Phi) is 5.78. The molecule has 2 amide bonds. The minimum atomic E-state index is -0.789. The molecule has 0 fully saturated rings. The second kappa shape index (κ2) is 7.80. The molecule has 0 aliphatic rings. The van der Waals surface area contributed by atoms with E-state index in [2.05, 4.69) is 10.6 Å². The number of aryl methyl sites for hydroxylation is 1. The molecule has 0 saturated carbocycles. The molecule has 0 aliphatic heterocycles. The van der Waals surface area contributed by atoms with Gasteiger partial charge in [0, 0.05) is 22.8 Å². The molecule has 0 saturated heterocycles. The normalized spacial score (nSPS) is 11.8. The Balaban J connectivity index is 1.78. The molecule has 23 heavy (non-hydrogen) atoms. The molecular formula is C16H17ClN2O4. The average molecular weight is 337 g/mol. The van der Waals surface area contributed by atoms with Crippen molar-refractivity contribution >= 4 is 29.1 Å².